The summed E-state index contributed by atoms with van der Waals surface area (Å²) in [4.78, 5) is 24.3. The molecule has 0 aromatic carbocycles. The van der Waals surface area contributed by atoms with Crippen LogP contribution in [0, 0.1) is 5.92 Å². The minimum atomic E-state index is 0.0553. The Balaban J connectivity index is 1.28. The van der Waals surface area contributed by atoms with Crippen LogP contribution in [0.1, 0.15) is 41.5 Å². The molecular weight excluding hydrogens is 308 g/mol. The Morgan fingerprint density at radius 1 is 1.22 bits per heavy atom. The van der Waals surface area contributed by atoms with Gasteiger partial charge in [-0.15, -0.1) is 11.3 Å². The van der Waals surface area contributed by atoms with Crippen LogP contribution in [0.3, 0.4) is 0 Å². The summed E-state index contributed by atoms with van der Waals surface area (Å²) < 4.78 is 1.74. The lowest BCUT2D eigenvalue weighted by atomic mass is 9.96. The van der Waals surface area contributed by atoms with E-state index in [1.807, 2.05) is 11.3 Å². The van der Waals surface area contributed by atoms with Gasteiger partial charge >= 0.3 is 0 Å². The van der Waals surface area contributed by atoms with Gasteiger partial charge in [0.15, 0.2) is 0 Å². The van der Waals surface area contributed by atoms with E-state index in [2.05, 4.69) is 21.1 Å². The molecular formula is C17H22N4OS. The van der Waals surface area contributed by atoms with Crippen molar-refractivity contribution < 1.29 is 0 Å². The van der Waals surface area contributed by atoms with E-state index in [1.54, 1.807) is 17.1 Å². The number of hydrogen-bond donors (Lipinski definition) is 0. The highest BCUT2D eigenvalue weighted by Crippen LogP contribution is 2.41. The van der Waals surface area contributed by atoms with E-state index in [9.17, 15) is 4.79 Å². The van der Waals surface area contributed by atoms with Gasteiger partial charge in [0.25, 0.3) is 5.56 Å². The van der Waals surface area contributed by atoms with Crippen LogP contribution in [0.25, 0.3) is 0 Å². The highest BCUT2D eigenvalue weighted by atomic mass is 32.1. The minimum Gasteiger partial charge on any atom is -0.299 e. The number of aromatic nitrogens is 3. The molecule has 4 rings (SSSR count). The second-order valence-corrected chi connectivity index (χ2v) is 7.88. The maximum atomic E-state index is 11.8. The number of rotatable bonds is 5. The van der Waals surface area contributed by atoms with Gasteiger partial charge in [-0.25, -0.2) is 9.97 Å². The molecule has 0 atom stereocenters. The highest BCUT2D eigenvalue weighted by molar-refractivity contribution is 7.11. The number of thiazole rings is 1. The highest BCUT2D eigenvalue weighted by Gasteiger charge is 2.27. The van der Waals surface area contributed by atoms with Gasteiger partial charge < -0.3 is 0 Å². The Morgan fingerprint density at radius 2 is 2.04 bits per heavy atom. The number of piperidine rings is 1. The largest absolute Gasteiger partial charge is 0.299 e. The number of nitrogens with zero attached hydrogens (tertiary/aromatic N) is 4. The molecule has 2 aromatic rings. The molecule has 1 aliphatic heterocycles. The first kappa shape index (κ1) is 15.0. The zero-order chi connectivity index (χ0) is 15.6. The van der Waals surface area contributed by atoms with Crippen molar-refractivity contribution in [3.8, 4) is 0 Å². The molecule has 0 radical (unpaired) electrons. The quantitative estimate of drug-likeness (QED) is 0.845. The van der Waals surface area contributed by atoms with Crippen molar-refractivity contribution in [2.75, 3.05) is 13.1 Å². The third-order valence-corrected chi connectivity index (χ3v) is 5.98. The smallest absolute Gasteiger partial charge is 0.253 e. The van der Waals surface area contributed by atoms with Crippen molar-refractivity contribution in [3.63, 3.8) is 0 Å². The summed E-state index contributed by atoms with van der Waals surface area (Å²) in [7, 11) is 0. The lowest BCUT2D eigenvalue weighted by molar-refractivity contribution is 0.167. The van der Waals surface area contributed by atoms with Crippen molar-refractivity contribution >= 4 is 11.3 Å². The van der Waals surface area contributed by atoms with Gasteiger partial charge in [0.2, 0.25) is 0 Å². The fourth-order valence-electron chi connectivity index (χ4n) is 3.26. The van der Waals surface area contributed by atoms with Crippen molar-refractivity contribution in [1.29, 1.82) is 0 Å². The first-order valence-corrected chi connectivity index (χ1v) is 9.27. The summed E-state index contributed by atoms with van der Waals surface area (Å²) in [6, 6.07) is 1.54. The monoisotopic (exact) mass is 330 g/mol. The van der Waals surface area contributed by atoms with Crippen molar-refractivity contribution in [3.05, 3.63) is 45.0 Å². The van der Waals surface area contributed by atoms with E-state index in [0.717, 1.165) is 44.9 Å². The van der Waals surface area contributed by atoms with Gasteiger partial charge in [-0.1, -0.05) is 0 Å². The van der Waals surface area contributed by atoms with Crippen LogP contribution in [0.4, 0.5) is 0 Å². The Bertz CT molecular complexity index is 713. The second-order valence-electron chi connectivity index (χ2n) is 6.73. The molecule has 122 valence electrons. The van der Waals surface area contributed by atoms with Crippen molar-refractivity contribution in [1.82, 2.24) is 19.4 Å². The predicted molar refractivity (Wildman–Crippen MR) is 90.6 cm³/mol. The molecule has 2 aliphatic rings. The van der Waals surface area contributed by atoms with Crippen molar-refractivity contribution in [2.24, 2.45) is 5.92 Å². The number of likely N-dealkylation sites (tertiary alicyclic amines) is 1. The molecule has 1 saturated heterocycles. The van der Waals surface area contributed by atoms with Gasteiger partial charge in [0, 0.05) is 42.3 Å². The summed E-state index contributed by atoms with van der Waals surface area (Å²) in [5, 5.41) is 1.34. The third kappa shape index (κ3) is 3.70. The maximum absolute atomic E-state index is 11.8. The molecule has 2 aromatic heterocycles. The second kappa shape index (κ2) is 6.53. The average Bonchev–Trinajstić information content (AvgIpc) is 3.32. The van der Waals surface area contributed by atoms with E-state index in [1.165, 1.54) is 28.8 Å². The fourth-order valence-corrected chi connectivity index (χ4v) is 4.38. The van der Waals surface area contributed by atoms with Gasteiger partial charge in [-0.3, -0.25) is 14.3 Å². The van der Waals surface area contributed by atoms with E-state index in [-0.39, 0.29) is 5.56 Å². The molecule has 0 N–H and O–H groups in total. The summed E-state index contributed by atoms with van der Waals surface area (Å²) in [6.45, 7) is 4.05. The van der Waals surface area contributed by atoms with E-state index in [4.69, 9.17) is 0 Å². The van der Waals surface area contributed by atoms with Crippen LogP contribution in [-0.4, -0.2) is 32.5 Å². The van der Waals surface area contributed by atoms with E-state index >= 15 is 0 Å². The Kier molecular flexibility index (Phi) is 4.27. The first-order valence-electron chi connectivity index (χ1n) is 8.45. The Hall–Kier alpha value is -1.53. The Labute approximate surface area is 140 Å². The molecule has 1 saturated carbocycles. The molecule has 6 heteroatoms. The lowest BCUT2D eigenvalue weighted by Crippen LogP contribution is -2.35. The fraction of sp³-hybridized carbons (Fsp3) is 0.588. The van der Waals surface area contributed by atoms with Crippen LogP contribution in [0.2, 0.25) is 0 Å². The summed E-state index contributed by atoms with van der Waals surface area (Å²) in [5.74, 6) is 1.34. The van der Waals surface area contributed by atoms with E-state index < -0.39 is 0 Å². The van der Waals surface area contributed by atoms with Gasteiger partial charge in [0.1, 0.15) is 0 Å². The van der Waals surface area contributed by atoms with Crippen LogP contribution in [0.15, 0.2) is 29.6 Å². The summed E-state index contributed by atoms with van der Waals surface area (Å²) in [5.41, 5.74) is 0.0553. The summed E-state index contributed by atoms with van der Waals surface area (Å²) >= 11 is 1.90. The molecule has 0 spiro atoms. The molecule has 1 aliphatic carbocycles. The van der Waals surface area contributed by atoms with Crippen LogP contribution in [0.5, 0.6) is 0 Å². The summed E-state index contributed by atoms with van der Waals surface area (Å²) in [6.07, 6.45) is 10.2. The van der Waals surface area contributed by atoms with Crippen LogP contribution in [-0.2, 0) is 13.1 Å². The molecule has 23 heavy (non-hydrogen) atoms. The first-order chi connectivity index (χ1) is 11.3. The maximum Gasteiger partial charge on any atom is 0.253 e. The Morgan fingerprint density at radius 3 is 2.78 bits per heavy atom. The molecule has 0 amide bonds. The molecule has 2 fully saturated rings. The lowest BCUT2D eigenvalue weighted by Gasteiger charge is -2.31. The zero-order valence-electron chi connectivity index (χ0n) is 13.2. The van der Waals surface area contributed by atoms with Gasteiger partial charge in [-0.05, 0) is 44.7 Å². The van der Waals surface area contributed by atoms with Crippen LogP contribution < -0.4 is 5.56 Å². The topological polar surface area (TPSA) is 51.0 Å². The molecule has 5 nitrogen and oxygen atoms in total. The molecule has 0 bridgehead atoms. The predicted octanol–water partition coefficient (Wildman–Crippen LogP) is 2.49. The van der Waals surface area contributed by atoms with Gasteiger partial charge in [-0.2, -0.15) is 0 Å². The normalized spacial score (nSPS) is 20.0. The number of hydrogen-bond acceptors (Lipinski definition) is 5. The van der Waals surface area contributed by atoms with Crippen molar-refractivity contribution in [2.45, 2.75) is 44.7 Å². The SMILES string of the molecule is O=c1ccncn1CC1CCN(Cc2cnc(C3CC3)s2)CC1. The standard InChI is InChI=1S/C17H22N4OS/c22-16-3-6-18-12-21(16)10-13-4-7-20(8-5-13)11-15-9-19-17(23-15)14-1-2-14/h3,6,9,12-14H,1-2,4-5,7-8,10-11H2. The zero-order valence-corrected chi connectivity index (χ0v) is 14.0. The molecule has 0 unspecified atom stereocenters. The third-order valence-electron chi connectivity index (χ3n) is 4.83. The molecule has 3 heterocycles. The van der Waals surface area contributed by atoms with Crippen LogP contribution >= 0.6 is 11.3 Å². The van der Waals surface area contributed by atoms with Gasteiger partial charge in [0.05, 0.1) is 11.3 Å². The minimum absolute atomic E-state index is 0.0553. The van der Waals surface area contributed by atoms with E-state index in [0.29, 0.717) is 5.92 Å². The average molecular weight is 330 g/mol.